The van der Waals surface area contributed by atoms with Gasteiger partial charge in [-0.25, -0.2) is 4.99 Å². The number of para-hydroxylation sites is 1. The first-order valence-electron chi connectivity index (χ1n) is 9.32. The largest absolute Gasteiger partial charge is 0.490 e. The van der Waals surface area contributed by atoms with Crippen LogP contribution in [0.5, 0.6) is 11.5 Å². The number of nitrogens with one attached hydrogen (secondary N) is 2. The van der Waals surface area contributed by atoms with Crippen LogP contribution in [0.1, 0.15) is 38.7 Å². The van der Waals surface area contributed by atoms with Crippen molar-refractivity contribution in [3.8, 4) is 11.5 Å². The highest BCUT2D eigenvalue weighted by atomic mass is 127. The van der Waals surface area contributed by atoms with Gasteiger partial charge in [0.2, 0.25) is 0 Å². The van der Waals surface area contributed by atoms with Crippen LogP contribution in [0.15, 0.2) is 23.2 Å². The highest BCUT2D eigenvalue weighted by molar-refractivity contribution is 14.0. The molecule has 0 aliphatic rings. The maximum atomic E-state index is 12.8. The molecule has 0 spiro atoms. The zero-order valence-electron chi connectivity index (χ0n) is 16.8. The smallest absolute Gasteiger partial charge is 0.387 e. The average molecular weight is 515 g/mol. The Balaban J connectivity index is 0.00000729. The number of alkyl halides is 2. The van der Waals surface area contributed by atoms with Crippen molar-refractivity contribution in [3.05, 3.63) is 23.8 Å². The third-order valence-corrected chi connectivity index (χ3v) is 3.64. The molecule has 2 N–H and O–H groups in total. The van der Waals surface area contributed by atoms with E-state index in [9.17, 15) is 8.78 Å². The summed E-state index contributed by atoms with van der Waals surface area (Å²) < 4.78 is 40.7. The SMILES string of the molecule is CCNC(=NCc1cccc(OCC)c1OC(F)F)NCCCCCOC.I. The maximum Gasteiger partial charge on any atom is 0.387 e. The van der Waals surface area contributed by atoms with Crippen LogP contribution in [0.4, 0.5) is 8.78 Å². The van der Waals surface area contributed by atoms with Gasteiger partial charge < -0.3 is 24.8 Å². The average Bonchev–Trinajstić information content (AvgIpc) is 2.64. The Bertz CT molecular complexity index is 563. The van der Waals surface area contributed by atoms with E-state index in [4.69, 9.17) is 9.47 Å². The lowest BCUT2D eigenvalue weighted by atomic mass is 10.2. The molecule has 6 nitrogen and oxygen atoms in total. The van der Waals surface area contributed by atoms with Crippen LogP contribution < -0.4 is 20.1 Å². The minimum Gasteiger partial charge on any atom is -0.490 e. The van der Waals surface area contributed by atoms with Gasteiger partial charge in [0, 0.05) is 32.4 Å². The quantitative estimate of drug-likeness (QED) is 0.179. The fraction of sp³-hybridized carbons (Fsp3) is 0.632. The molecule has 0 fully saturated rings. The van der Waals surface area contributed by atoms with Gasteiger partial charge in [-0.3, -0.25) is 0 Å². The zero-order valence-corrected chi connectivity index (χ0v) is 19.1. The van der Waals surface area contributed by atoms with Crippen molar-refractivity contribution in [2.24, 2.45) is 4.99 Å². The van der Waals surface area contributed by atoms with Gasteiger partial charge >= 0.3 is 6.61 Å². The summed E-state index contributed by atoms with van der Waals surface area (Å²) in [6.07, 6.45) is 3.07. The number of hydrogen-bond donors (Lipinski definition) is 2. The standard InChI is InChI=1S/C19H31F2N3O3.HI/c1-4-22-19(23-12-7-6-8-13-25-3)24-14-15-10-9-11-16(26-5-2)17(15)27-18(20)21;/h9-11,18H,4-8,12-14H2,1-3H3,(H2,22,23,24);1H. The van der Waals surface area contributed by atoms with Gasteiger partial charge in [-0.05, 0) is 39.2 Å². The highest BCUT2D eigenvalue weighted by Crippen LogP contribution is 2.33. The van der Waals surface area contributed by atoms with Gasteiger partial charge in [0.05, 0.1) is 13.2 Å². The van der Waals surface area contributed by atoms with E-state index >= 15 is 0 Å². The summed E-state index contributed by atoms with van der Waals surface area (Å²) in [6.45, 7) is 3.63. The number of unbranched alkanes of at least 4 members (excludes halogenated alkanes) is 2. The molecule has 0 saturated heterocycles. The molecule has 1 rings (SSSR count). The molecule has 0 radical (unpaired) electrons. The summed E-state index contributed by atoms with van der Waals surface area (Å²) in [6, 6.07) is 5.06. The molecule has 28 heavy (non-hydrogen) atoms. The molecular formula is C19H32F2IN3O3. The predicted molar refractivity (Wildman–Crippen MR) is 118 cm³/mol. The second-order valence-electron chi connectivity index (χ2n) is 5.73. The number of guanidine groups is 1. The number of ether oxygens (including phenoxy) is 3. The van der Waals surface area contributed by atoms with E-state index in [1.54, 1.807) is 32.2 Å². The Kier molecular flexibility index (Phi) is 15.8. The molecule has 0 atom stereocenters. The van der Waals surface area contributed by atoms with E-state index in [1.807, 2.05) is 6.92 Å². The van der Waals surface area contributed by atoms with Crippen LogP contribution in [0, 0.1) is 0 Å². The molecule has 0 unspecified atom stereocenters. The Hall–Kier alpha value is -1.36. The highest BCUT2D eigenvalue weighted by Gasteiger charge is 2.15. The molecule has 0 aliphatic heterocycles. The van der Waals surface area contributed by atoms with E-state index in [1.165, 1.54) is 0 Å². The molecule has 0 bridgehead atoms. The summed E-state index contributed by atoms with van der Waals surface area (Å²) in [5.74, 6) is 0.962. The van der Waals surface area contributed by atoms with Crippen molar-refractivity contribution in [3.63, 3.8) is 0 Å². The van der Waals surface area contributed by atoms with Crippen LogP contribution in [0.25, 0.3) is 0 Å². The second-order valence-corrected chi connectivity index (χ2v) is 5.73. The number of benzene rings is 1. The lowest BCUT2D eigenvalue weighted by Crippen LogP contribution is -2.37. The van der Waals surface area contributed by atoms with Crippen molar-refractivity contribution in [1.82, 2.24) is 10.6 Å². The number of methoxy groups -OCH3 is 1. The van der Waals surface area contributed by atoms with Crippen molar-refractivity contribution < 1.29 is 23.0 Å². The first-order chi connectivity index (χ1) is 13.1. The predicted octanol–water partition coefficient (Wildman–Crippen LogP) is 4.18. The molecule has 0 heterocycles. The number of nitrogens with zero attached hydrogens (tertiary/aromatic N) is 1. The third kappa shape index (κ3) is 10.8. The van der Waals surface area contributed by atoms with E-state index in [2.05, 4.69) is 20.4 Å². The summed E-state index contributed by atoms with van der Waals surface area (Å²) in [5.41, 5.74) is 0.540. The van der Waals surface area contributed by atoms with Crippen LogP contribution in [0.2, 0.25) is 0 Å². The molecule has 0 saturated carbocycles. The van der Waals surface area contributed by atoms with E-state index < -0.39 is 6.61 Å². The van der Waals surface area contributed by atoms with E-state index in [-0.39, 0.29) is 36.3 Å². The van der Waals surface area contributed by atoms with Gasteiger partial charge in [-0.1, -0.05) is 12.1 Å². The maximum absolute atomic E-state index is 12.8. The molecule has 0 amide bonds. The van der Waals surface area contributed by atoms with Crippen molar-refractivity contribution in [2.45, 2.75) is 46.3 Å². The Morgan fingerprint density at radius 2 is 1.93 bits per heavy atom. The van der Waals surface area contributed by atoms with Gasteiger partial charge in [0.15, 0.2) is 17.5 Å². The summed E-state index contributed by atoms with van der Waals surface area (Å²) in [5, 5.41) is 6.39. The van der Waals surface area contributed by atoms with Crippen LogP contribution in [-0.2, 0) is 11.3 Å². The van der Waals surface area contributed by atoms with Crippen molar-refractivity contribution >= 4 is 29.9 Å². The van der Waals surface area contributed by atoms with Crippen molar-refractivity contribution in [2.75, 3.05) is 33.4 Å². The monoisotopic (exact) mass is 515 g/mol. The normalized spacial score (nSPS) is 11.1. The third-order valence-electron chi connectivity index (χ3n) is 3.64. The Morgan fingerprint density at radius 1 is 1.14 bits per heavy atom. The zero-order chi connectivity index (χ0) is 19.9. The molecule has 1 aromatic carbocycles. The topological polar surface area (TPSA) is 64.1 Å². The minimum atomic E-state index is -2.92. The fourth-order valence-corrected chi connectivity index (χ4v) is 2.44. The van der Waals surface area contributed by atoms with Gasteiger partial charge in [-0.2, -0.15) is 8.78 Å². The molecular weight excluding hydrogens is 483 g/mol. The van der Waals surface area contributed by atoms with Crippen LogP contribution >= 0.6 is 24.0 Å². The molecule has 1 aromatic rings. The summed E-state index contributed by atoms with van der Waals surface area (Å²) >= 11 is 0. The van der Waals surface area contributed by atoms with Gasteiger partial charge in [0.25, 0.3) is 0 Å². The second kappa shape index (κ2) is 16.6. The van der Waals surface area contributed by atoms with E-state index in [0.29, 0.717) is 30.4 Å². The van der Waals surface area contributed by atoms with Crippen molar-refractivity contribution in [1.29, 1.82) is 0 Å². The van der Waals surface area contributed by atoms with E-state index in [0.717, 1.165) is 32.4 Å². The number of aliphatic imine (C=N–C) groups is 1. The first-order valence-corrected chi connectivity index (χ1v) is 9.32. The number of halogens is 3. The molecule has 162 valence electrons. The number of hydrogen-bond acceptors (Lipinski definition) is 4. The molecule has 9 heteroatoms. The molecule has 0 aromatic heterocycles. The van der Waals surface area contributed by atoms with Crippen LogP contribution in [-0.4, -0.2) is 46.0 Å². The van der Waals surface area contributed by atoms with Gasteiger partial charge in [0.1, 0.15) is 0 Å². The summed E-state index contributed by atoms with van der Waals surface area (Å²) in [4.78, 5) is 4.48. The first kappa shape index (κ1) is 26.6. The summed E-state index contributed by atoms with van der Waals surface area (Å²) in [7, 11) is 1.70. The number of rotatable bonds is 13. The minimum absolute atomic E-state index is 0. The van der Waals surface area contributed by atoms with Crippen LogP contribution in [0.3, 0.4) is 0 Å². The Labute approximate surface area is 183 Å². The fourth-order valence-electron chi connectivity index (χ4n) is 2.44. The lowest BCUT2D eigenvalue weighted by molar-refractivity contribution is -0.0520. The van der Waals surface area contributed by atoms with Gasteiger partial charge in [-0.15, -0.1) is 24.0 Å². The molecule has 0 aliphatic carbocycles. The lowest BCUT2D eigenvalue weighted by Gasteiger charge is -2.15. The Morgan fingerprint density at radius 3 is 2.57 bits per heavy atom.